The van der Waals surface area contributed by atoms with Crippen molar-refractivity contribution in [2.75, 3.05) is 40.5 Å². The molecule has 0 unspecified atom stereocenters. The number of hydrogen-bond acceptors (Lipinski definition) is 16. The molecule has 5 aromatic rings. The van der Waals surface area contributed by atoms with Crippen molar-refractivity contribution < 1.29 is 66.8 Å². The number of aliphatic imine (C=N–C) groups is 2. The highest BCUT2D eigenvalue weighted by Gasteiger charge is 2.36. The molecule has 5 heterocycles. The van der Waals surface area contributed by atoms with Crippen LogP contribution in [0.15, 0.2) is 132 Å². The first-order valence-electron chi connectivity index (χ1n) is 34.0. The van der Waals surface area contributed by atoms with Gasteiger partial charge in [-0.2, -0.15) is 0 Å². The number of carbonyl (C=O) groups is 9. The second-order valence-corrected chi connectivity index (χ2v) is 25.9. The summed E-state index contributed by atoms with van der Waals surface area (Å²) in [5.74, 6) is -0.636. The number of imide groups is 1. The molecule has 10 rings (SSSR count). The first-order valence-corrected chi connectivity index (χ1v) is 34.0. The van der Waals surface area contributed by atoms with Gasteiger partial charge < -0.3 is 49.9 Å². The van der Waals surface area contributed by atoms with Crippen LogP contribution in [0.5, 0.6) is 23.0 Å². The fourth-order valence-electron chi connectivity index (χ4n) is 12.7. The molecule has 7 amide bonds. The molecule has 5 aliphatic heterocycles. The molecular formula is C77H86N8O14. The van der Waals surface area contributed by atoms with E-state index in [9.17, 15) is 43.2 Å². The zero-order chi connectivity index (χ0) is 70.1. The van der Waals surface area contributed by atoms with Gasteiger partial charge in [-0.25, -0.2) is 4.79 Å². The number of hydrogen-bond donors (Lipinski definition) is 3. The molecule has 5 aromatic carbocycles. The van der Waals surface area contributed by atoms with E-state index in [1.165, 1.54) is 17.1 Å². The number of benzene rings is 5. The van der Waals surface area contributed by atoms with Gasteiger partial charge in [-0.3, -0.25) is 53.2 Å². The summed E-state index contributed by atoms with van der Waals surface area (Å²) in [7, 11) is 3.18. The number of methoxy groups -OCH3 is 2. The Balaban J connectivity index is 0.635. The maximum absolute atomic E-state index is 14.2. The van der Waals surface area contributed by atoms with Gasteiger partial charge in [0, 0.05) is 107 Å². The van der Waals surface area contributed by atoms with Gasteiger partial charge in [0.1, 0.15) is 23.9 Å². The summed E-state index contributed by atoms with van der Waals surface area (Å²) < 4.78 is 29.1. The minimum Gasteiger partial charge on any atom is -0.497 e. The number of rotatable bonds is 35. The van der Waals surface area contributed by atoms with Gasteiger partial charge in [-0.05, 0) is 133 Å². The number of nitrogens with zero attached hydrogens (tertiary/aromatic N) is 5. The van der Waals surface area contributed by atoms with Crippen molar-refractivity contribution in [3.05, 3.63) is 166 Å². The lowest BCUT2D eigenvalue weighted by Crippen LogP contribution is -2.46. The van der Waals surface area contributed by atoms with Gasteiger partial charge in [0.2, 0.25) is 5.91 Å². The number of Topliss-reactive ketones (excluding diaryl/α,β-unsaturated/α-hetero) is 2. The highest BCUT2D eigenvalue weighted by molar-refractivity contribution is 6.13. The van der Waals surface area contributed by atoms with Crippen LogP contribution in [0.1, 0.15) is 151 Å². The lowest BCUT2D eigenvalue weighted by Gasteiger charge is -2.24. The Morgan fingerprint density at radius 1 is 0.636 bits per heavy atom. The third kappa shape index (κ3) is 18.6. The number of nitrogens with two attached hydrogens (primary N) is 1. The van der Waals surface area contributed by atoms with Gasteiger partial charge in [-0.1, -0.05) is 80.9 Å². The van der Waals surface area contributed by atoms with E-state index >= 15 is 0 Å². The van der Waals surface area contributed by atoms with Gasteiger partial charge in [-0.15, -0.1) is 0 Å². The number of esters is 1. The van der Waals surface area contributed by atoms with Crippen LogP contribution in [0.2, 0.25) is 0 Å². The third-order valence-electron chi connectivity index (χ3n) is 18.4. The maximum atomic E-state index is 14.2. The van der Waals surface area contributed by atoms with Crippen LogP contribution in [-0.2, 0) is 53.0 Å². The number of ketones is 2. The molecule has 0 radical (unpaired) electrons. The summed E-state index contributed by atoms with van der Waals surface area (Å²) in [4.78, 5) is 131. The van der Waals surface area contributed by atoms with Crippen molar-refractivity contribution in [1.29, 1.82) is 0 Å². The molecular weight excluding hydrogens is 1260 g/mol. The lowest BCUT2D eigenvalue weighted by atomic mass is 9.88. The van der Waals surface area contributed by atoms with Crippen molar-refractivity contribution >= 4 is 88.1 Å². The van der Waals surface area contributed by atoms with Crippen LogP contribution in [0.4, 0.5) is 16.2 Å². The van der Waals surface area contributed by atoms with E-state index in [1.807, 2.05) is 100 Å². The molecule has 22 nitrogen and oxygen atoms in total. The van der Waals surface area contributed by atoms with E-state index in [0.717, 1.165) is 64.0 Å². The Bertz CT molecular complexity index is 3990. The molecule has 0 aromatic heterocycles. The molecule has 518 valence electrons. The van der Waals surface area contributed by atoms with Crippen LogP contribution in [0, 0.1) is 18.8 Å². The molecule has 4 N–H and O–H groups in total. The molecule has 0 spiro atoms. The van der Waals surface area contributed by atoms with Crippen molar-refractivity contribution in [3.8, 4) is 23.0 Å². The minimum absolute atomic E-state index is 0.00535. The van der Waals surface area contributed by atoms with Gasteiger partial charge in [0.15, 0.2) is 17.3 Å². The lowest BCUT2D eigenvalue weighted by molar-refractivity contribution is -0.145. The van der Waals surface area contributed by atoms with E-state index in [2.05, 4.69) is 10.6 Å². The van der Waals surface area contributed by atoms with Crippen molar-refractivity contribution in [3.63, 3.8) is 0 Å². The van der Waals surface area contributed by atoms with Gasteiger partial charge in [0.05, 0.1) is 68.1 Å². The first kappa shape index (κ1) is 71.3. The van der Waals surface area contributed by atoms with E-state index in [4.69, 9.17) is 39.4 Å². The smallest absolute Gasteiger partial charge is 0.312 e. The zero-order valence-corrected chi connectivity index (χ0v) is 56.8. The van der Waals surface area contributed by atoms with Crippen molar-refractivity contribution in [1.82, 2.24) is 25.3 Å². The summed E-state index contributed by atoms with van der Waals surface area (Å²) in [5.41, 5.74) is 14.5. The van der Waals surface area contributed by atoms with Crippen molar-refractivity contribution in [2.45, 2.75) is 142 Å². The average Bonchev–Trinajstić information content (AvgIpc) is 1.77. The Kier molecular flexibility index (Phi) is 24.2. The topological polar surface area (TPSA) is 284 Å². The second kappa shape index (κ2) is 33.6. The Hall–Kier alpha value is -10.5. The Morgan fingerprint density at radius 2 is 1.21 bits per heavy atom. The summed E-state index contributed by atoms with van der Waals surface area (Å²) in [6.45, 7) is 7.02. The number of fused-ring (bicyclic) bond motifs is 4. The maximum Gasteiger partial charge on any atom is 0.312 e. The van der Waals surface area contributed by atoms with Crippen LogP contribution < -0.4 is 35.3 Å². The monoisotopic (exact) mass is 1350 g/mol. The average molecular weight is 1350 g/mol. The minimum atomic E-state index is -0.902. The molecule has 0 bridgehead atoms. The van der Waals surface area contributed by atoms with Gasteiger partial charge in [0.25, 0.3) is 23.6 Å². The van der Waals surface area contributed by atoms with Crippen LogP contribution in [0.3, 0.4) is 0 Å². The third-order valence-corrected chi connectivity index (χ3v) is 18.4. The molecule has 0 aliphatic carbocycles. The quantitative estimate of drug-likeness (QED) is 0.0193. The van der Waals surface area contributed by atoms with E-state index < -0.39 is 23.9 Å². The predicted molar refractivity (Wildman–Crippen MR) is 374 cm³/mol. The number of carbonyl (C=O) groups excluding carboxylic acids is 9. The normalized spacial score (nSPS) is 16.4. The summed E-state index contributed by atoms with van der Waals surface area (Å²) in [6, 6.07) is 27.9. The molecule has 0 fully saturated rings. The van der Waals surface area contributed by atoms with Crippen LogP contribution in [0.25, 0.3) is 11.1 Å². The summed E-state index contributed by atoms with van der Waals surface area (Å²) >= 11 is 0. The number of unbranched alkanes of at least 4 members (excludes halogenated alkanes) is 4. The molecule has 5 aliphatic rings. The molecule has 0 saturated carbocycles. The van der Waals surface area contributed by atoms with Crippen molar-refractivity contribution in [2.24, 2.45) is 27.6 Å². The molecule has 99 heavy (non-hydrogen) atoms. The highest BCUT2D eigenvalue weighted by Crippen LogP contribution is 2.41. The number of urea groups is 1. The highest BCUT2D eigenvalue weighted by atomic mass is 16.5. The van der Waals surface area contributed by atoms with Crippen LogP contribution in [-0.4, -0.2) is 139 Å². The number of nitrogens with one attached hydrogen (secondary N) is 2. The molecule has 22 heteroatoms. The Labute approximate surface area is 576 Å². The number of primary amides is 1. The fraction of sp³-hybridized carbons (Fsp3) is 0.390. The zero-order valence-electron chi connectivity index (χ0n) is 56.8. The van der Waals surface area contributed by atoms with E-state index in [0.29, 0.717) is 103 Å². The van der Waals surface area contributed by atoms with Gasteiger partial charge >= 0.3 is 12.0 Å². The Morgan fingerprint density at radius 3 is 1.82 bits per heavy atom. The van der Waals surface area contributed by atoms with Crippen LogP contribution >= 0.6 is 0 Å². The number of amides is 7. The SMILES string of the molecule is COc1ccc(C2=CN3C(=O)c4cc(C)c(OCCCCCOc5cc6c(cc5OC)C(=O)N5C=C(c7ccc(CCC(=O)OCc8ccc(CC(=O)[C@H](CCCNC(N)=O)NC(=O)[C@@H](CC(=O)CCCCCN9C(=O)C=CC9=O)C(C)C)cc8)cc7)C[C@H]5C=N6)cc4N=C[C@@H]3C2)cc1. The standard InChI is InChI=1S/C77H86N8O14/c1-48(2)61(39-59(86)13-8-6-9-32-83-71(88)28-29-72(83)89)74(91)82-64(14-12-31-79-77(78)94)67(87)36-51-15-17-52(18-16-51)47-99-73(90)30-21-50-19-22-53(23-20-50)55-37-58-44-81-66-42-70(69(96-5)40-63(66)76(93)85(58)45-55)98-34-11-7-10-33-97-68-41-65-62(35-49(68)3)75(92)84-46-56(38-57(84)43-80-65)54-24-26-60(95-4)27-25-54/h15-20,22-29,35,40-46,48,57-58,61,64H,6-14,21,30-34,36-39,47H2,1-5H3,(H,82,91)(H3,78,79,94)/t57-,58-,61-,64-/m0/s1. The summed E-state index contributed by atoms with van der Waals surface area (Å²) in [5, 5.41) is 5.41. The summed E-state index contributed by atoms with van der Waals surface area (Å²) in [6.07, 6.45) is 16.6. The van der Waals surface area contributed by atoms with E-state index in [-0.39, 0.29) is 111 Å². The fourth-order valence-corrected chi connectivity index (χ4v) is 12.7. The second-order valence-electron chi connectivity index (χ2n) is 25.9. The number of ether oxygens (including phenoxy) is 5. The largest absolute Gasteiger partial charge is 0.497 e. The van der Waals surface area contributed by atoms with E-state index in [1.54, 1.807) is 66.6 Å². The predicted octanol–water partition coefficient (Wildman–Crippen LogP) is 11.0. The number of aryl methyl sites for hydroxylation is 2. The molecule has 0 saturated heterocycles. The molecule has 4 atom stereocenters. The first-order chi connectivity index (χ1) is 47.8.